The van der Waals surface area contributed by atoms with E-state index in [0.29, 0.717) is 17.6 Å². The smallest absolute Gasteiger partial charge is 0.240 e. The van der Waals surface area contributed by atoms with Gasteiger partial charge in [0.25, 0.3) is 0 Å². The summed E-state index contributed by atoms with van der Waals surface area (Å²) < 4.78 is 5.63. The van der Waals surface area contributed by atoms with Crippen molar-refractivity contribution < 1.29 is 4.74 Å². The zero-order valence-electron chi connectivity index (χ0n) is 10.1. The predicted molar refractivity (Wildman–Crippen MR) is 70.8 cm³/mol. The standard InChI is InChI=1S/C12H13ClN4O/c1-7-5-9(6-8(2)11(7)13)18-10-3-4-15-12(16-10)17-14/h3-6H,14H2,1-2H3,(H,15,16,17). The fourth-order valence-corrected chi connectivity index (χ4v) is 1.66. The van der Waals surface area contributed by atoms with Crippen molar-refractivity contribution in [1.29, 1.82) is 0 Å². The van der Waals surface area contributed by atoms with Crippen LogP contribution in [0.5, 0.6) is 11.6 Å². The Morgan fingerprint density at radius 3 is 2.56 bits per heavy atom. The van der Waals surface area contributed by atoms with Crippen molar-refractivity contribution in [1.82, 2.24) is 9.97 Å². The second kappa shape index (κ2) is 5.20. The molecule has 0 aliphatic heterocycles. The summed E-state index contributed by atoms with van der Waals surface area (Å²) in [6.07, 6.45) is 1.56. The predicted octanol–water partition coefficient (Wildman–Crippen LogP) is 2.82. The third kappa shape index (κ3) is 2.69. The van der Waals surface area contributed by atoms with E-state index in [4.69, 9.17) is 22.2 Å². The highest BCUT2D eigenvalue weighted by molar-refractivity contribution is 6.32. The summed E-state index contributed by atoms with van der Waals surface area (Å²) in [5.41, 5.74) is 4.27. The van der Waals surface area contributed by atoms with E-state index >= 15 is 0 Å². The average molecular weight is 265 g/mol. The summed E-state index contributed by atoms with van der Waals surface area (Å²) in [5, 5.41) is 0.745. The van der Waals surface area contributed by atoms with Gasteiger partial charge in [-0.25, -0.2) is 10.8 Å². The van der Waals surface area contributed by atoms with E-state index in [1.807, 2.05) is 26.0 Å². The van der Waals surface area contributed by atoms with Gasteiger partial charge in [0.05, 0.1) is 0 Å². The fraction of sp³-hybridized carbons (Fsp3) is 0.167. The van der Waals surface area contributed by atoms with Gasteiger partial charge in [-0.3, -0.25) is 5.43 Å². The first-order valence-electron chi connectivity index (χ1n) is 5.34. The molecule has 0 aliphatic rings. The van der Waals surface area contributed by atoms with E-state index in [-0.39, 0.29) is 0 Å². The maximum atomic E-state index is 6.09. The zero-order chi connectivity index (χ0) is 13.1. The molecular formula is C12H13ClN4O. The number of hydrogen-bond donors (Lipinski definition) is 2. The number of halogens is 1. The minimum absolute atomic E-state index is 0.301. The number of aromatic nitrogens is 2. The van der Waals surface area contributed by atoms with Crippen molar-refractivity contribution >= 4 is 17.5 Å². The van der Waals surface area contributed by atoms with E-state index < -0.39 is 0 Å². The first kappa shape index (κ1) is 12.6. The van der Waals surface area contributed by atoms with Gasteiger partial charge >= 0.3 is 0 Å². The summed E-state index contributed by atoms with van der Waals surface area (Å²) in [6, 6.07) is 5.36. The molecule has 3 N–H and O–H groups in total. The summed E-state index contributed by atoms with van der Waals surface area (Å²) in [7, 11) is 0. The number of nitrogen functional groups attached to an aromatic ring is 1. The highest BCUT2D eigenvalue weighted by Crippen LogP contribution is 2.28. The van der Waals surface area contributed by atoms with Crippen molar-refractivity contribution in [3.05, 3.63) is 40.5 Å². The van der Waals surface area contributed by atoms with Crippen molar-refractivity contribution in [2.24, 2.45) is 5.84 Å². The summed E-state index contributed by atoms with van der Waals surface area (Å²) in [6.45, 7) is 3.85. The molecule has 6 heteroatoms. The number of aryl methyl sites for hydroxylation is 2. The van der Waals surface area contributed by atoms with Crippen LogP contribution in [0.2, 0.25) is 5.02 Å². The molecular weight excluding hydrogens is 252 g/mol. The van der Waals surface area contributed by atoms with Crippen molar-refractivity contribution in [3.8, 4) is 11.6 Å². The minimum Gasteiger partial charge on any atom is -0.439 e. The van der Waals surface area contributed by atoms with Crippen molar-refractivity contribution in [2.45, 2.75) is 13.8 Å². The molecule has 0 unspecified atom stereocenters. The monoisotopic (exact) mass is 264 g/mol. The molecule has 18 heavy (non-hydrogen) atoms. The van der Waals surface area contributed by atoms with Crippen LogP contribution >= 0.6 is 11.6 Å². The van der Waals surface area contributed by atoms with Crippen LogP contribution in [0.25, 0.3) is 0 Å². The van der Waals surface area contributed by atoms with Gasteiger partial charge in [-0.2, -0.15) is 4.98 Å². The molecule has 2 aromatic rings. The SMILES string of the molecule is Cc1cc(Oc2ccnc(NN)n2)cc(C)c1Cl. The molecule has 0 saturated heterocycles. The number of hydrazine groups is 1. The zero-order valence-corrected chi connectivity index (χ0v) is 10.8. The van der Waals surface area contributed by atoms with Gasteiger partial charge in [-0.15, -0.1) is 0 Å². The Bertz CT molecular complexity index is 551. The molecule has 0 fully saturated rings. The first-order chi connectivity index (χ1) is 8.60. The van der Waals surface area contributed by atoms with Gasteiger partial charge in [0.2, 0.25) is 11.8 Å². The van der Waals surface area contributed by atoms with Gasteiger partial charge in [-0.1, -0.05) is 11.6 Å². The second-order valence-electron chi connectivity index (χ2n) is 3.84. The maximum absolute atomic E-state index is 6.09. The second-order valence-corrected chi connectivity index (χ2v) is 4.21. The topological polar surface area (TPSA) is 73.1 Å². The Morgan fingerprint density at radius 2 is 1.94 bits per heavy atom. The molecule has 5 nitrogen and oxygen atoms in total. The third-order valence-electron chi connectivity index (χ3n) is 2.39. The Labute approximate surface area is 110 Å². The summed E-state index contributed by atoms with van der Waals surface area (Å²) >= 11 is 6.09. The lowest BCUT2D eigenvalue weighted by Crippen LogP contribution is -2.10. The van der Waals surface area contributed by atoms with Crippen LogP contribution in [0.3, 0.4) is 0 Å². The Balaban J connectivity index is 2.28. The molecule has 1 aromatic carbocycles. The lowest BCUT2D eigenvalue weighted by molar-refractivity contribution is 0.461. The van der Waals surface area contributed by atoms with Gasteiger partial charge in [-0.05, 0) is 37.1 Å². The maximum Gasteiger partial charge on any atom is 0.240 e. The molecule has 2 rings (SSSR count). The number of nitrogens with zero attached hydrogens (tertiary/aromatic N) is 2. The first-order valence-corrected chi connectivity index (χ1v) is 5.72. The van der Waals surface area contributed by atoms with Crippen LogP contribution in [0.15, 0.2) is 24.4 Å². The van der Waals surface area contributed by atoms with E-state index in [9.17, 15) is 0 Å². The van der Waals surface area contributed by atoms with Gasteiger partial charge < -0.3 is 4.74 Å². The largest absolute Gasteiger partial charge is 0.439 e. The van der Waals surface area contributed by atoms with Crippen LogP contribution in [-0.4, -0.2) is 9.97 Å². The van der Waals surface area contributed by atoms with E-state index in [1.165, 1.54) is 0 Å². The lowest BCUT2D eigenvalue weighted by atomic mass is 10.1. The Morgan fingerprint density at radius 1 is 1.28 bits per heavy atom. The molecule has 0 bridgehead atoms. The fourth-order valence-electron chi connectivity index (χ4n) is 1.55. The number of rotatable bonds is 3. The molecule has 1 aromatic heterocycles. The van der Waals surface area contributed by atoms with Crippen molar-refractivity contribution in [3.63, 3.8) is 0 Å². The van der Waals surface area contributed by atoms with Crippen LogP contribution in [-0.2, 0) is 0 Å². The summed E-state index contributed by atoms with van der Waals surface area (Å²) in [5.74, 6) is 6.63. The minimum atomic E-state index is 0.301. The molecule has 0 atom stereocenters. The van der Waals surface area contributed by atoms with Gasteiger partial charge in [0, 0.05) is 17.3 Å². The third-order valence-corrected chi connectivity index (χ3v) is 2.99. The molecule has 1 heterocycles. The van der Waals surface area contributed by atoms with Crippen LogP contribution in [0.4, 0.5) is 5.95 Å². The van der Waals surface area contributed by atoms with E-state index in [0.717, 1.165) is 16.1 Å². The van der Waals surface area contributed by atoms with Gasteiger partial charge in [0.1, 0.15) is 5.75 Å². The quantitative estimate of drug-likeness (QED) is 0.659. The lowest BCUT2D eigenvalue weighted by Gasteiger charge is -2.09. The number of ether oxygens (including phenoxy) is 1. The highest BCUT2D eigenvalue weighted by atomic mass is 35.5. The average Bonchev–Trinajstić information content (AvgIpc) is 2.36. The molecule has 0 spiro atoms. The number of anilines is 1. The number of nitrogens with one attached hydrogen (secondary N) is 1. The summed E-state index contributed by atoms with van der Waals surface area (Å²) in [4.78, 5) is 7.97. The van der Waals surface area contributed by atoms with Crippen molar-refractivity contribution in [2.75, 3.05) is 5.43 Å². The van der Waals surface area contributed by atoms with E-state index in [2.05, 4.69) is 15.4 Å². The number of hydrogen-bond acceptors (Lipinski definition) is 5. The molecule has 0 saturated carbocycles. The van der Waals surface area contributed by atoms with Crippen LogP contribution < -0.4 is 16.0 Å². The normalized spacial score (nSPS) is 10.2. The number of benzene rings is 1. The number of nitrogens with two attached hydrogens (primary N) is 1. The Kier molecular flexibility index (Phi) is 3.64. The molecule has 0 radical (unpaired) electrons. The molecule has 94 valence electrons. The van der Waals surface area contributed by atoms with Crippen LogP contribution in [0, 0.1) is 13.8 Å². The van der Waals surface area contributed by atoms with Gasteiger partial charge in [0.15, 0.2) is 0 Å². The Hall–Kier alpha value is -1.85. The van der Waals surface area contributed by atoms with Crippen LogP contribution in [0.1, 0.15) is 11.1 Å². The molecule has 0 amide bonds. The van der Waals surface area contributed by atoms with E-state index in [1.54, 1.807) is 12.3 Å². The highest BCUT2D eigenvalue weighted by Gasteiger charge is 2.06. The molecule has 0 aliphatic carbocycles.